The number of anilines is 1. The summed E-state index contributed by atoms with van der Waals surface area (Å²) >= 11 is 0. The van der Waals surface area contributed by atoms with Crippen LogP contribution in [0.15, 0.2) is 112 Å². The van der Waals surface area contributed by atoms with Gasteiger partial charge in [0.05, 0.1) is 34.5 Å². The SMILES string of the molecule is O=C(COc1ccc(/C=N/NC(=O)CN(c2ccc([N+](=O)[O-])cc2)S(=O)(=O)c2ccccc2)cc1)NCc1ccco1. The Labute approximate surface area is 240 Å². The maximum Gasteiger partial charge on any atom is 0.269 e. The predicted molar refractivity (Wildman–Crippen MR) is 152 cm³/mol. The lowest BCUT2D eigenvalue weighted by atomic mass is 10.2. The van der Waals surface area contributed by atoms with Crippen molar-refractivity contribution in [3.63, 3.8) is 0 Å². The zero-order chi connectivity index (χ0) is 30.0. The molecule has 0 radical (unpaired) electrons. The average Bonchev–Trinajstić information content (AvgIpc) is 3.53. The highest BCUT2D eigenvalue weighted by Gasteiger charge is 2.27. The highest BCUT2D eigenvalue weighted by atomic mass is 32.2. The van der Waals surface area contributed by atoms with Gasteiger partial charge in [-0.2, -0.15) is 5.10 Å². The maximum atomic E-state index is 13.3. The van der Waals surface area contributed by atoms with E-state index in [1.54, 1.807) is 54.6 Å². The number of hydrogen-bond donors (Lipinski definition) is 2. The van der Waals surface area contributed by atoms with E-state index in [1.165, 1.54) is 36.7 Å². The Morgan fingerprint density at radius 2 is 1.67 bits per heavy atom. The lowest BCUT2D eigenvalue weighted by Crippen LogP contribution is -2.39. The smallest absolute Gasteiger partial charge is 0.269 e. The minimum atomic E-state index is -4.19. The predicted octanol–water partition coefficient (Wildman–Crippen LogP) is 3.23. The molecule has 0 aliphatic carbocycles. The third-order valence-corrected chi connectivity index (χ3v) is 7.45. The van der Waals surface area contributed by atoms with Gasteiger partial charge in [0.1, 0.15) is 18.1 Å². The molecule has 0 unspecified atom stereocenters. The van der Waals surface area contributed by atoms with Crippen molar-refractivity contribution in [1.29, 1.82) is 0 Å². The summed E-state index contributed by atoms with van der Waals surface area (Å²) in [6.45, 7) is -0.581. The molecule has 0 aliphatic heterocycles. The summed E-state index contributed by atoms with van der Waals surface area (Å²) in [4.78, 5) is 35.0. The van der Waals surface area contributed by atoms with Crippen molar-refractivity contribution in [3.05, 3.63) is 119 Å². The molecule has 3 aromatic carbocycles. The monoisotopic (exact) mass is 591 g/mol. The minimum absolute atomic E-state index is 0.0584. The number of nitro benzene ring substituents is 1. The second kappa shape index (κ2) is 13.7. The quantitative estimate of drug-likeness (QED) is 0.135. The summed E-state index contributed by atoms with van der Waals surface area (Å²) in [6.07, 6.45) is 2.86. The summed E-state index contributed by atoms with van der Waals surface area (Å²) < 4.78 is 38.1. The number of rotatable bonds is 13. The second-order valence-corrected chi connectivity index (χ2v) is 10.5. The first-order valence-electron chi connectivity index (χ1n) is 12.4. The van der Waals surface area contributed by atoms with Gasteiger partial charge >= 0.3 is 0 Å². The molecule has 0 atom stereocenters. The van der Waals surface area contributed by atoms with Gasteiger partial charge in [-0.1, -0.05) is 18.2 Å². The van der Waals surface area contributed by atoms with Gasteiger partial charge in [0.15, 0.2) is 6.61 Å². The fourth-order valence-corrected chi connectivity index (χ4v) is 5.01. The van der Waals surface area contributed by atoms with E-state index in [0.717, 1.165) is 16.4 Å². The van der Waals surface area contributed by atoms with E-state index in [2.05, 4.69) is 15.8 Å². The zero-order valence-corrected chi connectivity index (χ0v) is 22.8. The van der Waals surface area contributed by atoms with Crippen LogP contribution in [-0.2, 0) is 26.2 Å². The molecule has 1 heterocycles. The first-order chi connectivity index (χ1) is 20.2. The molecule has 0 fully saturated rings. The van der Waals surface area contributed by atoms with Crippen molar-refractivity contribution in [1.82, 2.24) is 10.7 Å². The molecule has 14 heteroatoms. The molecule has 1 aromatic heterocycles. The van der Waals surface area contributed by atoms with Crippen molar-refractivity contribution in [3.8, 4) is 5.75 Å². The lowest BCUT2D eigenvalue weighted by molar-refractivity contribution is -0.384. The number of furan rings is 1. The van der Waals surface area contributed by atoms with E-state index in [1.807, 2.05) is 0 Å². The lowest BCUT2D eigenvalue weighted by Gasteiger charge is -2.23. The molecule has 0 aliphatic rings. The molecule has 216 valence electrons. The molecule has 4 rings (SSSR count). The number of nitrogens with zero attached hydrogens (tertiary/aromatic N) is 3. The summed E-state index contributed by atoms with van der Waals surface area (Å²) in [5.41, 5.74) is 2.72. The standard InChI is InChI=1S/C28H25N5O8S/c34-27(19-32(22-10-12-23(13-11-22)33(36)37)42(38,39)26-6-2-1-3-7-26)31-30-17-21-8-14-24(15-9-21)41-20-28(35)29-18-25-5-4-16-40-25/h1-17H,18-20H2,(H,29,35)(H,31,34)/b30-17+. The van der Waals surface area contributed by atoms with Gasteiger partial charge in [-0.15, -0.1) is 0 Å². The third-order valence-electron chi connectivity index (χ3n) is 5.66. The number of carbonyl (C=O) groups is 2. The highest BCUT2D eigenvalue weighted by Crippen LogP contribution is 2.25. The summed E-state index contributed by atoms with van der Waals surface area (Å²) in [5, 5.41) is 17.6. The molecule has 2 amide bonds. The van der Waals surface area contributed by atoms with Gasteiger partial charge in [-0.3, -0.25) is 24.0 Å². The maximum absolute atomic E-state index is 13.3. The number of carbonyl (C=O) groups excluding carboxylic acids is 2. The van der Waals surface area contributed by atoms with Crippen LogP contribution in [0.2, 0.25) is 0 Å². The van der Waals surface area contributed by atoms with Crippen LogP contribution in [0.4, 0.5) is 11.4 Å². The first kappa shape index (κ1) is 29.5. The summed E-state index contributed by atoms with van der Waals surface area (Å²) in [6, 6.07) is 22.3. The summed E-state index contributed by atoms with van der Waals surface area (Å²) in [5.74, 6) is -0.00780. The number of ether oxygens (including phenoxy) is 1. The third kappa shape index (κ3) is 8.02. The van der Waals surface area contributed by atoms with Gasteiger partial charge in [0, 0.05) is 12.1 Å². The van der Waals surface area contributed by atoms with Crippen molar-refractivity contribution in [2.75, 3.05) is 17.5 Å². The van der Waals surface area contributed by atoms with Crippen LogP contribution in [0.25, 0.3) is 0 Å². The fraction of sp³-hybridized carbons (Fsp3) is 0.107. The van der Waals surface area contributed by atoms with E-state index in [0.29, 0.717) is 17.1 Å². The van der Waals surface area contributed by atoms with Crippen molar-refractivity contribution in [2.24, 2.45) is 5.10 Å². The van der Waals surface area contributed by atoms with Gasteiger partial charge in [-0.25, -0.2) is 13.8 Å². The molecular formula is C28H25N5O8S. The minimum Gasteiger partial charge on any atom is -0.484 e. The largest absolute Gasteiger partial charge is 0.484 e. The topological polar surface area (TPSA) is 173 Å². The number of benzene rings is 3. The molecule has 13 nitrogen and oxygen atoms in total. The first-order valence-corrected chi connectivity index (χ1v) is 13.8. The van der Waals surface area contributed by atoms with Crippen LogP contribution in [0.1, 0.15) is 11.3 Å². The molecule has 42 heavy (non-hydrogen) atoms. The van der Waals surface area contributed by atoms with Crippen LogP contribution < -0.4 is 19.8 Å². The number of amides is 2. The molecule has 0 saturated heterocycles. The molecular weight excluding hydrogens is 566 g/mol. The van der Waals surface area contributed by atoms with Crippen molar-refractivity contribution < 1.29 is 32.1 Å². The van der Waals surface area contributed by atoms with Crippen molar-refractivity contribution >= 4 is 39.4 Å². The van der Waals surface area contributed by atoms with E-state index in [-0.39, 0.29) is 35.3 Å². The van der Waals surface area contributed by atoms with E-state index >= 15 is 0 Å². The number of sulfonamides is 1. The van der Waals surface area contributed by atoms with Gasteiger partial charge < -0.3 is 14.5 Å². The van der Waals surface area contributed by atoms with E-state index in [9.17, 15) is 28.1 Å². The molecule has 4 aromatic rings. The van der Waals surface area contributed by atoms with Gasteiger partial charge in [-0.05, 0) is 66.2 Å². The van der Waals surface area contributed by atoms with Crippen LogP contribution >= 0.6 is 0 Å². The molecule has 2 N–H and O–H groups in total. The highest BCUT2D eigenvalue weighted by molar-refractivity contribution is 7.92. The Kier molecular flexibility index (Phi) is 9.63. The van der Waals surface area contributed by atoms with Crippen LogP contribution in [0.3, 0.4) is 0 Å². The van der Waals surface area contributed by atoms with Crippen LogP contribution in [0, 0.1) is 10.1 Å². The molecule has 0 saturated carbocycles. The van der Waals surface area contributed by atoms with Crippen LogP contribution in [-0.4, -0.2) is 44.5 Å². The van der Waals surface area contributed by atoms with Gasteiger partial charge in [0.25, 0.3) is 27.5 Å². The fourth-order valence-electron chi connectivity index (χ4n) is 3.57. The van der Waals surface area contributed by atoms with Crippen molar-refractivity contribution in [2.45, 2.75) is 11.4 Å². The Morgan fingerprint density at radius 3 is 2.31 bits per heavy atom. The molecule has 0 bridgehead atoms. The number of nitrogens with one attached hydrogen (secondary N) is 2. The van der Waals surface area contributed by atoms with E-state index in [4.69, 9.17) is 9.15 Å². The Bertz CT molecular complexity index is 1640. The number of nitro groups is 1. The number of hydrazone groups is 1. The average molecular weight is 592 g/mol. The van der Waals surface area contributed by atoms with Crippen LogP contribution in [0.5, 0.6) is 5.75 Å². The number of hydrogen-bond acceptors (Lipinski definition) is 9. The van der Waals surface area contributed by atoms with Gasteiger partial charge in [0.2, 0.25) is 0 Å². The Hall–Kier alpha value is -5.50. The van der Waals surface area contributed by atoms with E-state index < -0.39 is 27.4 Å². The molecule has 0 spiro atoms. The normalized spacial score (nSPS) is 11.1. The summed E-state index contributed by atoms with van der Waals surface area (Å²) in [7, 11) is -4.19. The Balaban J connectivity index is 1.35. The zero-order valence-electron chi connectivity index (χ0n) is 22.0. The second-order valence-electron chi connectivity index (χ2n) is 8.61. The number of non-ortho nitro benzene ring substituents is 1. The Morgan fingerprint density at radius 1 is 0.952 bits per heavy atom.